The van der Waals surface area contributed by atoms with Gasteiger partial charge in [0.25, 0.3) is 0 Å². The minimum absolute atomic E-state index is 0.164. The Morgan fingerprint density at radius 2 is 1.50 bits per heavy atom. The largest absolute Gasteiger partial charge is 0.254 e. The molecule has 0 heterocycles. The van der Waals surface area contributed by atoms with Crippen LogP contribution < -0.4 is 5.73 Å². The Hall–Kier alpha value is -0.820. The van der Waals surface area contributed by atoms with Gasteiger partial charge in [-0.2, -0.15) is 0 Å². The normalized spacial score (nSPS) is 18.4. The summed E-state index contributed by atoms with van der Waals surface area (Å²) < 4.78 is 0. The molecule has 0 amide bonds. The summed E-state index contributed by atoms with van der Waals surface area (Å²) in [6.45, 7) is 0. The molecule has 1 aliphatic carbocycles. The topological polar surface area (TPSA) is 23.8 Å². The van der Waals surface area contributed by atoms with Gasteiger partial charge in [-0.3, -0.25) is 5.73 Å². The van der Waals surface area contributed by atoms with Crippen molar-refractivity contribution in [2.24, 2.45) is 0 Å². The van der Waals surface area contributed by atoms with Crippen molar-refractivity contribution in [3.63, 3.8) is 0 Å². The van der Waals surface area contributed by atoms with Gasteiger partial charge in [0.2, 0.25) is 0 Å². The summed E-state index contributed by atoms with van der Waals surface area (Å²) in [5.41, 5.74) is 10.6. The monoisotopic (exact) mass is 160 g/mol. The van der Waals surface area contributed by atoms with Crippen LogP contribution in [0, 0.1) is 0 Å². The van der Waals surface area contributed by atoms with E-state index in [9.17, 15) is 0 Å². The van der Waals surface area contributed by atoms with Crippen LogP contribution in [0.5, 0.6) is 0 Å². The van der Waals surface area contributed by atoms with Gasteiger partial charge in [-0.1, -0.05) is 24.3 Å². The number of hydrogen-bond acceptors (Lipinski definition) is 0. The predicted octanol–water partition coefficient (Wildman–Crippen LogP) is 2.22. The SMILES string of the molecule is [NH]C1CCc2ccccc2CC1. The Morgan fingerprint density at radius 3 is 2.00 bits per heavy atom. The van der Waals surface area contributed by atoms with Gasteiger partial charge in [-0.25, -0.2) is 0 Å². The van der Waals surface area contributed by atoms with Crippen LogP contribution in [0.2, 0.25) is 0 Å². The van der Waals surface area contributed by atoms with Crippen LogP contribution in [-0.4, -0.2) is 6.04 Å². The maximum atomic E-state index is 7.69. The molecule has 0 aliphatic heterocycles. The highest BCUT2D eigenvalue weighted by atomic mass is 14.6. The molecule has 0 saturated heterocycles. The van der Waals surface area contributed by atoms with E-state index in [0.717, 1.165) is 25.7 Å². The molecule has 63 valence electrons. The lowest BCUT2D eigenvalue weighted by Gasteiger charge is -2.02. The van der Waals surface area contributed by atoms with Crippen LogP contribution in [0.3, 0.4) is 0 Å². The Bertz CT molecular complexity index is 240. The molecule has 12 heavy (non-hydrogen) atoms. The van der Waals surface area contributed by atoms with E-state index in [1.165, 1.54) is 11.1 Å². The molecule has 0 bridgehead atoms. The lowest BCUT2D eigenvalue weighted by Crippen LogP contribution is -2.07. The van der Waals surface area contributed by atoms with Gasteiger partial charge in [0, 0.05) is 6.04 Å². The second kappa shape index (κ2) is 3.28. The molecular formula is C11H14N. The maximum Gasteiger partial charge on any atom is 0.0219 e. The van der Waals surface area contributed by atoms with Gasteiger partial charge in [0.05, 0.1) is 0 Å². The van der Waals surface area contributed by atoms with Gasteiger partial charge < -0.3 is 0 Å². The minimum atomic E-state index is 0.164. The lowest BCUT2D eigenvalue weighted by atomic mass is 10.0. The Kier molecular flexibility index (Phi) is 2.13. The third kappa shape index (κ3) is 1.51. The first-order valence-corrected chi connectivity index (χ1v) is 4.64. The molecule has 0 fully saturated rings. The zero-order chi connectivity index (χ0) is 8.39. The van der Waals surface area contributed by atoms with Crippen molar-refractivity contribution in [3.05, 3.63) is 35.4 Å². The quantitative estimate of drug-likeness (QED) is 0.520. The summed E-state index contributed by atoms with van der Waals surface area (Å²) in [5.74, 6) is 0. The molecule has 1 nitrogen and oxygen atoms in total. The van der Waals surface area contributed by atoms with Gasteiger partial charge in [-0.15, -0.1) is 0 Å². The third-order valence-corrected chi connectivity index (χ3v) is 2.64. The number of rotatable bonds is 0. The van der Waals surface area contributed by atoms with E-state index in [1.807, 2.05) is 0 Å². The fraction of sp³-hybridized carbons (Fsp3) is 0.455. The second-order valence-electron chi connectivity index (χ2n) is 3.54. The molecule has 0 atom stereocenters. The number of fused-ring (bicyclic) bond motifs is 1. The molecule has 1 heteroatoms. The summed E-state index contributed by atoms with van der Waals surface area (Å²) in [5, 5.41) is 0. The molecule has 1 radical (unpaired) electrons. The van der Waals surface area contributed by atoms with Crippen molar-refractivity contribution in [2.45, 2.75) is 31.7 Å². The van der Waals surface area contributed by atoms with E-state index in [0.29, 0.717) is 0 Å². The summed E-state index contributed by atoms with van der Waals surface area (Å²) in [7, 11) is 0. The first-order valence-electron chi connectivity index (χ1n) is 4.64. The summed E-state index contributed by atoms with van der Waals surface area (Å²) in [4.78, 5) is 0. The fourth-order valence-electron chi connectivity index (χ4n) is 1.85. The molecule has 0 aromatic heterocycles. The molecular weight excluding hydrogens is 146 g/mol. The van der Waals surface area contributed by atoms with E-state index in [1.54, 1.807) is 0 Å². The fourth-order valence-corrected chi connectivity index (χ4v) is 1.85. The van der Waals surface area contributed by atoms with Gasteiger partial charge >= 0.3 is 0 Å². The highest BCUT2D eigenvalue weighted by molar-refractivity contribution is 5.28. The summed E-state index contributed by atoms with van der Waals surface area (Å²) in [6.07, 6.45) is 4.28. The first-order chi connectivity index (χ1) is 5.86. The molecule has 1 aromatic rings. The van der Waals surface area contributed by atoms with E-state index in [4.69, 9.17) is 5.73 Å². The van der Waals surface area contributed by atoms with Crippen molar-refractivity contribution >= 4 is 0 Å². The Morgan fingerprint density at radius 1 is 1.00 bits per heavy atom. The van der Waals surface area contributed by atoms with Crippen LogP contribution in [0.15, 0.2) is 24.3 Å². The van der Waals surface area contributed by atoms with Crippen molar-refractivity contribution in [2.75, 3.05) is 0 Å². The summed E-state index contributed by atoms with van der Waals surface area (Å²) in [6, 6.07) is 8.77. The number of hydrogen-bond donors (Lipinski definition) is 0. The molecule has 0 spiro atoms. The van der Waals surface area contributed by atoms with Crippen molar-refractivity contribution in [3.8, 4) is 0 Å². The van der Waals surface area contributed by atoms with E-state index in [-0.39, 0.29) is 6.04 Å². The molecule has 2 rings (SSSR count). The van der Waals surface area contributed by atoms with E-state index < -0.39 is 0 Å². The van der Waals surface area contributed by atoms with Crippen LogP contribution in [0.25, 0.3) is 0 Å². The highest BCUT2D eigenvalue weighted by Crippen LogP contribution is 2.19. The molecule has 0 saturated carbocycles. The van der Waals surface area contributed by atoms with Crippen LogP contribution in [0.4, 0.5) is 0 Å². The van der Waals surface area contributed by atoms with E-state index >= 15 is 0 Å². The third-order valence-electron chi connectivity index (χ3n) is 2.64. The minimum Gasteiger partial charge on any atom is -0.254 e. The zero-order valence-corrected chi connectivity index (χ0v) is 7.22. The van der Waals surface area contributed by atoms with Gasteiger partial charge in [-0.05, 0) is 36.8 Å². The van der Waals surface area contributed by atoms with Crippen LogP contribution >= 0.6 is 0 Å². The van der Waals surface area contributed by atoms with E-state index in [2.05, 4.69) is 24.3 Å². The lowest BCUT2D eigenvalue weighted by molar-refractivity contribution is 0.573. The smallest absolute Gasteiger partial charge is 0.0219 e. The zero-order valence-electron chi connectivity index (χ0n) is 7.22. The average Bonchev–Trinajstić information content (AvgIpc) is 2.29. The predicted molar refractivity (Wildman–Crippen MR) is 50.0 cm³/mol. The average molecular weight is 160 g/mol. The molecule has 1 N–H and O–H groups in total. The standard InChI is InChI=1S/C11H14N/c12-11-7-5-9-3-1-2-4-10(9)6-8-11/h1-4,11-12H,5-8H2. The van der Waals surface area contributed by atoms with Crippen molar-refractivity contribution in [1.29, 1.82) is 0 Å². The first kappa shape index (κ1) is 7.81. The molecule has 1 aromatic carbocycles. The number of aryl methyl sites for hydroxylation is 2. The molecule has 1 aliphatic rings. The van der Waals surface area contributed by atoms with Crippen molar-refractivity contribution in [1.82, 2.24) is 5.73 Å². The summed E-state index contributed by atoms with van der Waals surface area (Å²) >= 11 is 0. The van der Waals surface area contributed by atoms with Gasteiger partial charge in [0.1, 0.15) is 0 Å². The maximum absolute atomic E-state index is 7.69. The van der Waals surface area contributed by atoms with Gasteiger partial charge in [0.15, 0.2) is 0 Å². The Balaban J connectivity index is 2.26. The second-order valence-corrected chi connectivity index (χ2v) is 3.54. The Labute approximate surface area is 73.6 Å². The van der Waals surface area contributed by atoms with Crippen LogP contribution in [0.1, 0.15) is 24.0 Å². The van der Waals surface area contributed by atoms with Crippen LogP contribution in [-0.2, 0) is 12.8 Å². The number of nitrogens with one attached hydrogen (secondary N) is 1. The van der Waals surface area contributed by atoms with Crippen molar-refractivity contribution < 1.29 is 0 Å². The molecule has 0 unspecified atom stereocenters. The number of benzene rings is 1. The highest BCUT2D eigenvalue weighted by Gasteiger charge is 2.11.